The van der Waals surface area contributed by atoms with E-state index < -0.39 is 12.0 Å². The Kier molecular flexibility index (Phi) is 7.83. The normalized spacial score (nSPS) is 12.2. The van der Waals surface area contributed by atoms with Crippen LogP contribution in [-0.4, -0.2) is 55.0 Å². The average molecular weight is 287 g/mol. The second-order valence-corrected chi connectivity index (χ2v) is 5.18. The summed E-state index contributed by atoms with van der Waals surface area (Å²) in [6.07, 6.45) is 0. The summed E-state index contributed by atoms with van der Waals surface area (Å²) in [6.45, 7) is 6.88. The van der Waals surface area contributed by atoms with Gasteiger partial charge in [0.25, 0.3) is 0 Å². The maximum atomic E-state index is 12.0. The molecule has 0 saturated carbocycles. The van der Waals surface area contributed by atoms with Crippen LogP contribution in [0.25, 0.3) is 0 Å². The van der Waals surface area contributed by atoms with E-state index in [9.17, 15) is 14.4 Å². The summed E-state index contributed by atoms with van der Waals surface area (Å²) in [4.78, 5) is 36.2. The smallest absolute Gasteiger partial charge is 0.325 e. The molecule has 0 rings (SSSR count). The van der Waals surface area contributed by atoms with E-state index in [0.717, 1.165) is 0 Å². The zero-order valence-corrected chi connectivity index (χ0v) is 12.8. The number of ether oxygens (including phenoxy) is 1. The van der Waals surface area contributed by atoms with Crippen molar-refractivity contribution in [2.75, 3.05) is 20.2 Å². The van der Waals surface area contributed by atoms with Crippen molar-refractivity contribution >= 4 is 17.8 Å². The summed E-state index contributed by atoms with van der Waals surface area (Å²) in [6, 6.07) is -0.826. The van der Waals surface area contributed by atoms with Gasteiger partial charge in [-0.15, -0.1) is 0 Å². The molecule has 0 bridgehead atoms. The van der Waals surface area contributed by atoms with E-state index in [4.69, 9.17) is 5.73 Å². The number of methoxy groups -OCH3 is 1. The van der Waals surface area contributed by atoms with Crippen LogP contribution in [0.15, 0.2) is 0 Å². The molecule has 0 aliphatic carbocycles. The first-order valence-corrected chi connectivity index (χ1v) is 6.60. The molecule has 0 aliphatic rings. The summed E-state index contributed by atoms with van der Waals surface area (Å²) in [5, 5.41) is 2.48. The van der Waals surface area contributed by atoms with Gasteiger partial charge in [0.1, 0.15) is 6.54 Å². The van der Waals surface area contributed by atoms with Crippen molar-refractivity contribution in [1.82, 2.24) is 10.2 Å². The third-order valence-electron chi connectivity index (χ3n) is 2.91. The first kappa shape index (κ1) is 18.4. The largest absolute Gasteiger partial charge is 0.468 e. The van der Waals surface area contributed by atoms with Crippen molar-refractivity contribution in [2.45, 2.75) is 39.8 Å². The highest BCUT2D eigenvalue weighted by atomic mass is 16.5. The molecule has 0 aromatic rings. The van der Waals surface area contributed by atoms with Crippen LogP contribution < -0.4 is 11.1 Å². The molecule has 0 aromatic carbocycles. The molecule has 7 heteroatoms. The van der Waals surface area contributed by atoms with Crippen molar-refractivity contribution in [3.63, 3.8) is 0 Å². The van der Waals surface area contributed by atoms with Gasteiger partial charge in [-0.1, -0.05) is 13.8 Å². The van der Waals surface area contributed by atoms with Gasteiger partial charge in [0.05, 0.1) is 19.7 Å². The number of carbonyl (C=O) groups excluding carboxylic acids is 3. The standard InChI is InChI=1S/C13H25N3O4/c1-8(2)12(14)13(19)15-6-10(17)16(9(3)4)7-11(18)20-5/h8-9,12H,6-7,14H2,1-5H3,(H,15,19)/t12-/m0/s1. The zero-order valence-electron chi connectivity index (χ0n) is 12.8. The first-order valence-electron chi connectivity index (χ1n) is 6.60. The van der Waals surface area contributed by atoms with E-state index in [1.165, 1.54) is 12.0 Å². The van der Waals surface area contributed by atoms with Gasteiger partial charge in [0, 0.05) is 6.04 Å². The topological polar surface area (TPSA) is 102 Å². The first-order chi connectivity index (χ1) is 9.20. The predicted molar refractivity (Wildman–Crippen MR) is 74.7 cm³/mol. The molecular formula is C13H25N3O4. The van der Waals surface area contributed by atoms with Crippen LogP contribution in [0.2, 0.25) is 0 Å². The van der Waals surface area contributed by atoms with E-state index in [2.05, 4.69) is 10.1 Å². The summed E-state index contributed by atoms with van der Waals surface area (Å²) >= 11 is 0. The molecule has 0 spiro atoms. The highest BCUT2D eigenvalue weighted by Crippen LogP contribution is 2.01. The molecule has 0 fully saturated rings. The molecule has 7 nitrogen and oxygen atoms in total. The van der Waals surface area contributed by atoms with Crippen molar-refractivity contribution in [2.24, 2.45) is 11.7 Å². The Morgan fingerprint density at radius 1 is 1.20 bits per heavy atom. The molecule has 20 heavy (non-hydrogen) atoms. The van der Waals surface area contributed by atoms with Crippen LogP contribution in [0.4, 0.5) is 0 Å². The van der Waals surface area contributed by atoms with Crippen LogP contribution >= 0.6 is 0 Å². The van der Waals surface area contributed by atoms with Crippen LogP contribution in [0.1, 0.15) is 27.7 Å². The van der Waals surface area contributed by atoms with Gasteiger partial charge < -0.3 is 20.7 Å². The number of nitrogens with one attached hydrogen (secondary N) is 1. The lowest BCUT2D eigenvalue weighted by Crippen LogP contribution is -2.50. The average Bonchev–Trinajstić information content (AvgIpc) is 2.39. The Morgan fingerprint density at radius 3 is 2.15 bits per heavy atom. The van der Waals surface area contributed by atoms with Crippen LogP contribution in [0, 0.1) is 5.92 Å². The summed E-state index contributed by atoms with van der Waals surface area (Å²) < 4.78 is 4.54. The minimum absolute atomic E-state index is 0.0126. The highest BCUT2D eigenvalue weighted by Gasteiger charge is 2.22. The quantitative estimate of drug-likeness (QED) is 0.614. The maximum absolute atomic E-state index is 12.0. The molecule has 0 aliphatic heterocycles. The fourth-order valence-electron chi connectivity index (χ4n) is 1.45. The third-order valence-corrected chi connectivity index (χ3v) is 2.91. The van der Waals surface area contributed by atoms with Gasteiger partial charge in [0.2, 0.25) is 11.8 Å². The zero-order chi connectivity index (χ0) is 15.9. The number of amides is 2. The molecule has 3 N–H and O–H groups in total. The fourth-order valence-corrected chi connectivity index (χ4v) is 1.45. The van der Waals surface area contributed by atoms with E-state index >= 15 is 0 Å². The van der Waals surface area contributed by atoms with Gasteiger partial charge in [-0.25, -0.2) is 0 Å². The van der Waals surface area contributed by atoms with Crippen LogP contribution in [0.3, 0.4) is 0 Å². The monoisotopic (exact) mass is 287 g/mol. The molecule has 0 aromatic heterocycles. The van der Waals surface area contributed by atoms with E-state index in [0.29, 0.717) is 0 Å². The Bertz CT molecular complexity index is 356. The molecular weight excluding hydrogens is 262 g/mol. The highest BCUT2D eigenvalue weighted by molar-refractivity contribution is 5.89. The van der Waals surface area contributed by atoms with E-state index in [-0.39, 0.29) is 36.9 Å². The van der Waals surface area contributed by atoms with Crippen molar-refractivity contribution in [3.8, 4) is 0 Å². The lowest BCUT2D eigenvalue weighted by molar-refractivity contribution is -0.148. The molecule has 1 atom stereocenters. The molecule has 0 saturated heterocycles. The summed E-state index contributed by atoms with van der Waals surface area (Å²) in [7, 11) is 1.26. The minimum Gasteiger partial charge on any atom is -0.468 e. The number of nitrogens with two attached hydrogens (primary N) is 1. The second-order valence-electron chi connectivity index (χ2n) is 5.18. The molecule has 2 amide bonds. The van der Waals surface area contributed by atoms with Gasteiger partial charge in [-0.2, -0.15) is 0 Å². The van der Waals surface area contributed by atoms with Gasteiger partial charge >= 0.3 is 5.97 Å². The van der Waals surface area contributed by atoms with Gasteiger partial charge in [-0.05, 0) is 19.8 Å². The summed E-state index contributed by atoms with van der Waals surface area (Å²) in [5.41, 5.74) is 5.67. The second kappa shape index (κ2) is 8.52. The Morgan fingerprint density at radius 2 is 1.75 bits per heavy atom. The van der Waals surface area contributed by atoms with E-state index in [1.54, 1.807) is 13.8 Å². The molecule has 116 valence electrons. The number of rotatable bonds is 7. The number of hydrogen-bond donors (Lipinski definition) is 2. The summed E-state index contributed by atoms with van der Waals surface area (Å²) in [5.74, 6) is -1.25. The molecule has 0 unspecified atom stereocenters. The molecule has 0 radical (unpaired) electrons. The lowest BCUT2D eigenvalue weighted by atomic mass is 10.1. The fraction of sp³-hybridized carbons (Fsp3) is 0.769. The van der Waals surface area contributed by atoms with Crippen molar-refractivity contribution in [3.05, 3.63) is 0 Å². The third kappa shape index (κ3) is 6.01. The number of nitrogens with zero attached hydrogens (tertiary/aromatic N) is 1. The lowest BCUT2D eigenvalue weighted by Gasteiger charge is -2.26. The van der Waals surface area contributed by atoms with Crippen molar-refractivity contribution in [1.29, 1.82) is 0 Å². The Labute approximate surface area is 119 Å². The van der Waals surface area contributed by atoms with Crippen molar-refractivity contribution < 1.29 is 19.1 Å². The number of carbonyl (C=O) groups is 3. The maximum Gasteiger partial charge on any atom is 0.325 e. The Balaban J connectivity index is 4.48. The molecule has 0 heterocycles. The predicted octanol–water partition coefficient (Wildman–Crippen LogP) is -0.504. The number of esters is 1. The SMILES string of the molecule is COC(=O)CN(C(=O)CNC(=O)[C@@H](N)C(C)C)C(C)C. The van der Waals surface area contributed by atoms with Crippen LogP contribution in [0.5, 0.6) is 0 Å². The Hall–Kier alpha value is -1.63. The van der Waals surface area contributed by atoms with Gasteiger partial charge in [-0.3, -0.25) is 14.4 Å². The van der Waals surface area contributed by atoms with Gasteiger partial charge in [0.15, 0.2) is 0 Å². The van der Waals surface area contributed by atoms with Crippen LogP contribution in [-0.2, 0) is 19.1 Å². The number of hydrogen-bond acceptors (Lipinski definition) is 5. The minimum atomic E-state index is -0.657. The van der Waals surface area contributed by atoms with E-state index in [1.807, 2.05) is 13.8 Å².